The number of hydrogen-bond donors (Lipinski definition) is 2. The van der Waals surface area contributed by atoms with Gasteiger partial charge in [0.05, 0.1) is 19.4 Å². The second kappa shape index (κ2) is 12.8. The zero-order chi connectivity index (χ0) is 29.5. The second-order valence-electron chi connectivity index (χ2n) is 9.35. The lowest BCUT2D eigenvalue weighted by Gasteiger charge is -2.27. The minimum atomic E-state index is -0.871. The lowest BCUT2D eigenvalue weighted by molar-refractivity contribution is -0.122. The first kappa shape index (κ1) is 28.9. The summed E-state index contributed by atoms with van der Waals surface area (Å²) in [6.07, 6.45) is 2.17. The fourth-order valence-corrected chi connectivity index (χ4v) is 4.01. The molecular weight excluding hydrogens is 526 g/mol. The van der Waals surface area contributed by atoms with Gasteiger partial charge < -0.3 is 19.5 Å². The molecule has 2 N–H and O–H groups in total. The van der Waals surface area contributed by atoms with Crippen molar-refractivity contribution in [2.24, 2.45) is 0 Å². The van der Waals surface area contributed by atoms with Gasteiger partial charge in [-0.2, -0.15) is 0 Å². The Morgan fingerprint density at radius 2 is 1.68 bits per heavy atom. The third kappa shape index (κ3) is 6.91. The fraction of sp³-hybridized carbons (Fsp3) is 0.226. The molecule has 0 bridgehead atoms. The lowest BCUT2D eigenvalue weighted by atomic mass is 10.1. The number of anilines is 2. The molecule has 41 heavy (non-hydrogen) atoms. The van der Waals surface area contributed by atoms with Crippen LogP contribution in [0.4, 0.5) is 16.2 Å². The van der Waals surface area contributed by atoms with E-state index in [0.29, 0.717) is 35.1 Å². The van der Waals surface area contributed by atoms with Gasteiger partial charge in [0.15, 0.2) is 18.1 Å². The van der Waals surface area contributed by atoms with Gasteiger partial charge in [-0.25, -0.2) is 9.69 Å². The highest BCUT2D eigenvalue weighted by Gasteiger charge is 2.37. The number of carbonyl (C=O) groups excluding carboxylic acids is 4. The van der Waals surface area contributed by atoms with Gasteiger partial charge in [0, 0.05) is 11.8 Å². The van der Waals surface area contributed by atoms with Gasteiger partial charge >= 0.3 is 6.03 Å². The highest BCUT2D eigenvalue weighted by molar-refractivity contribution is 6.39. The second-order valence-corrected chi connectivity index (χ2v) is 9.35. The van der Waals surface area contributed by atoms with Gasteiger partial charge in [0.2, 0.25) is 0 Å². The summed E-state index contributed by atoms with van der Waals surface area (Å²) in [5.74, 6) is -0.663. The first-order valence-corrected chi connectivity index (χ1v) is 13.0. The van der Waals surface area contributed by atoms with Gasteiger partial charge in [-0.05, 0) is 79.4 Å². The number of nitrogens with one attached hydrogen (secondary N) is 2. The summed E-state index contributed by atoms with van der Waals surface area (Å²) >= 11 is 0. The maximum atomic E-state index is 13.3. The van der Waals surface area contributed by atoms with Gasteiger partial charge in [0.1, 0.15) is 11.3 Å². The third-order valence-electron chi connectivity index (χ3n) is 6.32. The van der Waals surface area contributed by atoms with Crippen molar-refractivity contribution in [2.75, 3.05) is 30.5 Å². The molecule has 1 aliphatic rings. The SMILES string of the molecule is CCCOc1ccc(N2C(=O)NC(=O)/C(=C/c3ccc(OCC(=O)Nc4ccc(C)c(C)c4)cc3)C2=O)cc1OC. The smallest absolute Gasteiger partial charge is 0.335 e. The molecule has 1 saturated heterocycles. The number of aryl methyl sites for hydroxylation is 2. The lowest BCUT2D eigenvalue weighted by Crippen LogP contribution is -2.54. The highest BCUT2D eigenvalue weighted by Crippen LogP contribution is 2.33. The van der Waals surface area contributed by atoms with Crippen molar-refractivity contribution in [3.05, 3.63) is 82.9 Å². The van der Waals surface area contributed by atoms with Crippen LogP contribution in [0.1, 0.15) is 30.0 Å². The molecule has 0 atom stereocenters. The number of rotatable bonds is 10. The van der Waals surface area contributed by atoms with Crippen LogP contribution in [-0.4, -0.2) is 44.1 Å². The molecule has 0 spiro atoms. The molecule has 1 aliphatic heterocycles. The monoisotopic (exact) mass is 557 g/mol. The van der Waals surface area contributed by atoms with Crippen LogP contribution < -0.4 is 29.7 Å². The number of nitrogens with zero attached hydrogens (tertiary/aromatic N) is 1. The van der Waals surface area contributed by atoms with Crippen LogP contribution in [0.5, 0.6) is 17.2 Å². The Kier molecular flexibility index (Phi) is 9.03. The van der Waals surface area contributed by atoms with Crippen molar-refractivity contribution in [1.29, 1.82) is 0 Å². The van der Waals surface area contributed by atoms with Crippen molar-refractivity contribution in [3.8, 4) is 17.2 Å². The topological polar surface area (TPSA) is 123 Å². The number of ether oxygens (including phenoxy) is 3. The number of barbiturate groups is 1. The molecule has 0 unspecified atom stereocenters. The summed E-state index contributed by atoms with van der Waals surface area (Å²) < 4.78 is 16.6. The summed E-state index contributed by atoms with van der Waals surface area (Å²) in [7, 11) is 1.45. The quantitative estimate of drug-likeness (QED) is 0.272. The summed E-state index contributed by atoms with van der Waals surface area (Å²) in [6, 6.07) is 15.9. The van der Waals surface area contributed by atoms with E-state index < -0.39 is 17.8 Å². The molecule has 3 aromatic carbocycles. The molecule has 10 nitrogen and oxygen atoms in total. The Bertz CT molecular complexity index is 1510. The molecule has 212 valence electrons. The van der Waals surface area contributed by atoms with Crippen LogP contribution in [0.25, 0.3) is 6.08 Å². The number of methoxy groups -OCH3 is 1. The van der Waals surface area contributed by atoms with Crippen molar-refractivity contribution in [3.63, 3.8) is 0 Å². The number of urea groups is 1. The molecule has 1 fully saturated rings. The van der Waals surface area contributed by atoms with Gasteiger partial charge in [-0.3, -0.25) is 19.7 Å². The minimum Gasteiger partial charge on any atom is -0.493 e. The maximum absolute atomic E-state index is 13.3. The Morgan fingerprint density at radius 1 is 0.927 bits per heavy atom. The zero-order valence-electron chi connectivity index (χ0n) is 23.3. The van der Waals surface area contributed by atoms with E-state index in [0.717, 1.165) is 22.4 Å². The predicted molar refractivity (Wildman–Crippen MR) is 154 cm³/mol. The van der Waals surface area contributed by atoms with Crippen molar-refractivity contribution in [2.45, 2.75) is 27.2 Å². The average molecular weight is 558 g/mol. The Hall–Kier alpha value is -5.12. The first-order chi connectivity index (χ1) is 19.7. The van der Waals surface area contributed by atoms with E-state index in [9.17, 15) is 19.2 Å². The number of amides is 5. The van der Waals surface area contributed by atoms with E-state index in [2.05, 4.69) is 10.6 Å². The number of imide groups is 2. The van der Waals surface area contributed by atoms with Gasteiger partial charge in [-0.1, -0.05) is 25.1 Å². The van der Waals surface area contributed by atoms with Gasteiger partial charge in [-0.15, -0.1) is 0 Å². The number of carbonyl (C=O) groups is 4. The molecule has 4 rings (SSSR count). The van der Waals surface area contributed by atoms with Crippen LogP contribution in [0.3, 0.4) is 0 Å². The zero-order valence-corrected chi connectivity index (χ0v) is 23.3. The molecule has 0 radical (unpaired) electrons. The largest absolute Gasteiger partial charge is 0.493 e. The summed E-state index contributed by atoms with van der Waals surface area (Å²) in [5, 5.41) is 5.00. The average Bonchev–Trinajstić information content (AvgIpc) is 2.95. The van der Waals surface area contributed by atoms with Crippen LogP contribution in [-0.2, 0) is 14.4 Å². The highest BCUT2D eigenvalue weighted by atomic mass is 16.5. The molecule has 0 saturated carbocycles. The van der Waals surface area contributed by atoms with E-state index in [4.69, 9.17) is 14.2 Å². The van der Waals surface area contributed by atoms with Crippen molar-refractivity contribution < 1.29 is 33.4 Å². The van der Waals surface area contributed by atoms with E-state index in [-0.39, 0.29) is 23.8 Å². The summed E-state index contributed by atoms with van der Waals surface area (Å²) in [6.45, 7) is 6.21. The van der Waals surface area contributed by atoms with Crippen molar-refractivity contribution >= 4 is 41.2 Å². The number of hydrogen-bond acceptors (Lipinski definition) is 7. The van der Waals surface area contributed by atoms with E-state index in [1.807, 2.05) is 39.0 Å². The van der Waals surface area contributed by atoms with Crippen molar-refractivity contribution in [1.82, 2.24) is 5.32 Å². The van der Waals surface area contributed by atoms with Gasteiger partial charge in [0.25, 0.3) is 17.7 Å². The summed E-state index contributed by atoms with van der Waals surface area (Å²) in [5.41, 5.74) is 3.40. The fourth-order valence-electron chi connectivity index (χ4n) is 4.01. The minimum absolute atomic E-state index is 0.197. The van der Waals surface area contributed by atoms with Crippen LogP contribution in [0.2, 0.25) is 0 Å². The van der Waals surface area contributed by atoms with Crippen LogP contribution >= 0.6 is 0 Å². The maximum Gasteiger partial charge on any atom is 0.335 e. The van der Waals surface area contributed by atoms with E-state index >= 15 is 0 Å². The first-order valence-electron chi connectivity index (χ1n) is 13.0. The normalized spacial score (nSPS) is 14.1. The molecule has 5 amide bonds. The molecule has 0 aromatic heterocycles. The molecule has 1 heterocycles. The predicted octanol–water partition coefficient (Wildman–Crippen LogP) is 4.78. The Labute approximate surface area is 237 Å². The summed E-state index contributed by atoms with van der Waals surface area (Å²) in [4.78, 5) is 51.6. The molecule has 3 aromatic rings. The molecule has 0 aliphatic carbocycles. The van der Waals surface area contributed by atoms with E-state index in [1.165, 1.54) is 19.3 Å². The van der Waals surface area contributed by atoms with Crippen LogP contribution in [0.15, 0.2) is 66.2 Å². The molecular formula is C31H31N3O7. The van der Waals surface area contributed by atoms with Crippen LogP contribution in [0, 0.1) is 13.8 Å². The molecule has 10 heteroatoms. The van der Waals surface area contributed by atoms with E-state index in [1.54, 1.807) is 36.4 Å². The Morgan fingerprint density at radius 3 is 2.37 bits per heavy atom. The number of benzene rings is 3. The standard InChI is InChI=1S/C31H31N3O7/c1-5-14-40-26-13-10-23(17-27(26)39-4)34-30(37)25(29(36)33-31(34)38)16-21-7-11-24(12-8-21)41-18-28(35)32-22-9-6-19(2)20(3)15-22/h6-13,15-17H,5,14,18H2,1-4H3,(H,32,35)(H,33,36,38)/b25-16-. The Balaban J connectivity index is 1.44. The third-order valence-corrected chi connectivity index (χ3v) is 6.32.